The van der Waals surface area contributed by atoms with Gasteiger partial charge in [0.15, 0.2) is 0 Å². The van der Waals surface area contributed by atoms with E-state index in [1.54, 1.807) is 24.3 Å². The van der Waals surface area contributed by atoms with Crippen LogP contribution in [0.1, 0.15) is 43.0 Å². The average Bonchev–Trinajstić information content (AvgIpc) is 3.06. The molecule has 6 nitrogen and oxygen atoms in total. The van der Waals surface area contributed by atoms with Crippen LogP contribution in [0.25, 0.3) is 11.5 Å². The Balaban J connectivity index is 1.46. The second-order valence-electron chi connectivity index (χ2n) is 6.42. The van der Waals surface area contributed by atoms with Crippen molar-refractivity contribution in [3.05, 3.63) is 34.7 Å². The second-order valence-corrected chi connectivity index (χ2v) is 6.79. The molecule has 1 aliphatic rings. The highest BCUT2D eigenvalue weighted by molar-refractivity contribution is 7.71. The zero-order chi connectivity index (χ0) is 17.6. The summed E-state index contributed by atoms with van der Waals surface area (Å²) in [6.07, 6.45) is 5.23. The first-order valence-corrected chi connectivity index (χ1v) is 9.10. The zero-order valence-corrected chi connectivity index (χ0v) is 15.1. The van der Waals surface area contributed by atoms with E-state index < -0.39 is 0 Å². The third-order valence-corrected chi connectivity index (χ3v) is 4.76. The molecule has 2 aromatic rings. The molecule has 0 unspecified atom stereocenters. The van der Waals surface area contributed by atoms with Crippen LogP contribution < -0.4 is 5.32 Å². The average molecular weight is 361 g/mol. The van der Waals surface area contributed by atoms with Gasteiger partial charge in [-0.15, -0.1) is 5.10 Å². The van der Waals surface area contributed by atoms with Crippen molar-refractivity contribution in [3.8, 4) is 11.5 Å². The number of hydrogen-bond acceptors (Lipinski definition) is 5. The van der Waals surface area contributed by atoms with Crippen molar-refractivity contribution in [3.63, 3.8) is 0 Å². The van der Waals surface area contributed by atoms with Crippen LogP contribution in [0.15, 0.2) is 28.7 Å². The highest BCUT2D eigenvalue weighted by atomic mass is 32.1. The van der Waals surface area contributed by atoms with E-state index in [2.05, 4.69) is 22.4 Å². The van der Waals surface area contributed by atoms with Crippen molar-refractivity contribution in [1.29, 1.82) is 0 Å². The molecule has 1 heterocycles. The van der Waals surface area contributed by atoms with Crippen LogP contribution in [0.5, 0.6) is 0 Å². The molecule has 25 heavy (non-hydrogen) atoms. The summed E-state index contributed by atoms with van der Waals surface area (Å²) >= 11 is 4.85. The highest BCUT2D eigenvalue weighted by Gasteiger charge is 2.21. The number of amides is 1. The van der Waals surface area contributed by atoms with Gasteiger partial charge >= 0.3 is 0 Å². The van der Waals surface area contributed by atoms with Crippen molar-refractivity contribution >= 4 is 18.1 Å². The first-order valence-electron chi connectivity index (χ1n) is 8.69. The Labute approximate surface area is 152 Å². The second kappa shape index (κ2) is 8.40. The lowest BCUT2D eigenvalue weighted by Gasteiger charge is -2.28. The first-order chi connectivity index (χ1) is 12.1. The number of aromatic amines is 1. The number of ether oxygens (including phenoxy) is 1. The fraction of sp³-hybridized carbons (Fsp3) is 0.500. The van der Waals surface area contributed by atoms with E-state index in [0.717, 1.165) is 12.0 Å². The molecule has 1 saturated carbocycles. The molecule has 7 heteroatoms. The van der Waals surface area contributed by atoms with Crippen molar-refractivity contribution < 1.29 is 13.9 Å². The zero-order valence-electron chi connectivity index (χ0n) is 14.3. The number of benzene rings is 1. The van der Waals surface area contributed by atoms with Gasteiger partial charge in [-0.25, -0.2) is 5.10 Å². The molecule has 2 N–H and O–H groups in total. The molecule has 0 radical (unpaired) electrons. The van der Waals surface area contributed by atoms with Crippen LogP contribution in [-0.2, 0) is 4.74 Å². The lowest BCUT2D eigenvalue weighted by atomic mass is 9.88. The van der Waals surface area contributed by atoms with Crippen LogP contribution in [0.4, 0.5) is 0 Å². The van der Waals surface area contributed by atoms with Gasteiger partial charge in [-0.05, 0) is 55.2 Å². The SMILES string of the molecule is C[C@H]1CCCC[C@H]1OCCNC(=O)c1ccc(-c2n[nH]c(=S)o2)cc1. The molecule has 1 aromatic heterocycles. The lowest BCUT2D eigenvalue weighted by Crippen LogP contribution is -2.31. The number of H-pyrrole nitrogens is 1. The first kappa shape index (κ1) is 17.8. The number of nitrogens with one attached hydrogen (secondary N) is 2. The van der Waals surface area contributed by atoms with E-state index in [1.807, 2.05) is 0 Å². The van der Waals surface area contributed by atoms with Crippen LogP contribution in [0.3, 0.4) is 0 Å². The number of carbonyl (C=O) groups excluding carboxylic acids is 1. The Kier molecular flexibility index (Phi) is 5.99. The minimum atomic E-state index is -0.116. The molecule has 0 spiro atoms. The summed E-state index contributed by atoms with van der Waals surface area (Å²) in [6.45, 7) is 3.30. The van der Waals surface area contributed by atoms with E-state index in [0.29, 0.717) is 36.6 Å². The summed E-state index contributed by atoms with van der Waals surface area (Å²) < 4.78 is 11.2. The van der Waals surface area contributed by atoms with Gasteiger partial charge in [0.1, 0.15) is 0 Å². The van der Waals surface area contributed by atoms with Gasteiger partial charge in [-0.1, -0.05) is 19.8 Å². The van der Waals surface area contributed by atoms with Crippen LogP contribution in [0, 0.1) is 10.8 Å². The minimum Gasteiger partial charge on any atom is -0.409 e. The molecule has 1 aromatic carbocycles. The van der Waals surface area contributed by atoms with E-state index in [9.17, 15) is 4.79 Å². The minimum absolute atomic E-state index is 0.116. The summed E-state index contributed by atoms with van der Waals surface area (Å²) in [5.74, 6) is 0.904. The predicted octanol–water partition coefficient (Wildman–Crippen LogP) is 3.72. The highest BCUT2D eigenvalue weighted by Crippen LogP contribution is 2.26. The van der Waals surface area contributed by atoms with Crippen molar-refractivity contribution in [1.82, 2.24) is 15.5 Å². The van der Waals surface area contributed by atoms with Gasteiger partial charge < -0.3 is 14.5 Å². The summed E-state index contributed by atoms with van der Waals surface area (Å²) in [5.41, 5.74) is 1.35. The number of nitrogens with zero attached hydrogens (tertiary/aromatic N) is 1. The standard InChI is InChI=1S/C18H23N3O3S/c1-12-4-2-3-5-15(12)23-11-10-19-16(22)13-6-8-14(9-7-13)17-20-21-18(25)24-17/h6-9,12,15H,2-5,10-11H2,1H3,(H,19,22)(H,21,25)/t12-,15+/m0/s1. The Morgan fingerprint density at radius 3 is 2.80 bits per heavy atom. The van der Waals surface area contributed by atoms with E-state index in [4.69, 9.17) is 21.4 Å². The van der Waals surface area contributed by atoms with Crippen LogP contribution in [0.2, 0.25) is 0 Å². The maximum absolute atomic E-state index is 12.2. The van der Waals surface area contributed by atoms with Gasteiger partial charge in [-0.2, -0.15) is 0 Å². The van der Waals surface area contributed by atoms with Crippen LogP contribution in [-0.4, -0.2) is 35.4 Å². The van der Waals surface area contributed by atoms with Gasteiger partial charge in [0.2, 0.25) is 5.89 Å². The van der Waals surface area contributed by atoms with Crippen LogP contribution >= 0.6 is 12.2 Å². The molecule has 1 fully saturated rings. The molecular formula is C18H23N3O3S. The van der Waals surface area contributed by atoms with Gasteiger partial charge in [0.25, 0.3) is 10.7 Å². The Morgan fingerprint density at radius 1 is 1.36 bits per heavy atom. The normalized spacial score (nSPS) is 20.4. The largest absolute Gasteiger partial charge is 0.409 e. The van der Waals surface area contributed by atoms with Crippen molar-refractivity contribution in [2.45, 2.75) is 38.7 Å². The smallest absolute Gasteiger partial charge is 0.284 e. The summed E-state index contributed by atoms with van der Waals surface area (Å²) in [5, 5.41) is 9.42. The monoisotopic (exact) mass is 361 g/mol. The maximum Gasteiger partial charge on any atom is 0.284 e. The van der Waals surface area contributed by atoms with E-state index in [1.165, 1.54) is 19.3 Å². The van der Waals surface area contributed by atoms with Gasteiger partial charge in [0, 0.05) is 17.7 Å². The molecule has 0 aliphatic heterocycles. The van der Waals surface area contributed by atoms with Crippen molar-refractivity contribution in [2.24, 2.45) is 5.92 Å². The summed E-state index contributed by atoms with van der Waals surface area (Å²) in [4.78, 5) is 12.4. The third-order valence-electron chi connectivity index (χ3n) is 4.58. The predicted molar refractivity (Wildman–Crippen MR) is 96.8 cm³/mol. The van der Waals surface area contributed by atoms with Gasteiger partial charge in [0.05, 0.1) is 12.7 Å². The molecular weight excluding hydrogens is 338 g/mol. The fourth-order valence-electron chi connectivity index (χ4n) is 3.12. The number of hydrogen-bond donors (Lipinski definition) is 2. The number of rotatable bonds is 6. The summed E-state index contributed by atoms with van der Waals surface area (Å²) in [7, 11) is 0. The summed E-state index contributed by atoms with van der Waals surface area (Å²) in [6, 6.07) is 7.04. The lowest BCUT2D eigenvalue weighted by molar-refractivity contribution is -0.00293. The van der Waals surface area contributed by atoms with E-state index in [-0.39, 0.29) is 10.7 Å². The molecule has 3 rings (SSSR count). The quantitative estimate of drug-likeness (QED) is 0.605. The number of carbonyl (C=O) groups is 1. The Bertz CT molecular complexity index is 753. The molecule has 0 bridgehead atoms. The molecule has 1 aliphatic carbocycles. The number of aromatic nitrogens is 2. The Hall–Kier alpha value is -1.99. The third kappa shape index (κ3) is 4.76. The molecule has 0 saturated heterocycles. The Morgan fingerprint density at radius 2 is 2.12 bits per heavy atom. The maximum atomic E-state index is 12.2. The molecule has 2 atom stereocenters. The van der Waals surface area contributed by atoms with E-state index >= 15 is 0 Å². The fourth-order valence-corrected chi connectivity index (χ4v) is 3.25. The van der Waals surface area contributed by atoms with Crippen molar-refractivity contribution in [2.75, 3.05) is 13.2 Å². The van der Waals surface area contributed by atoms with Gasteiger partial charge in [-0.3, -0.25) is 4.79 Å². The topological polar surface area (TPSA) is 80.1 Å². The molecule has 134 valence electrons. The molecule has 1 amide bonds.